The van der Waals surface area contributed by atoms with Crippen LogP contribution in [-0.4, -0.2) is 48.6 Å². The number of carbonyl (C=O) groups excluding carboxylic acids is 1. The van der Waals surface area contributed by atoms with E-state index >= 15 is 0 Å². The van der Waals surface area contributed by atoms with Crippen molar-refractivity contribution in [2.24, 2.45) is 0 Å². The first-order chi connectivity index (χ1) is 17.4. The third kappa shape index (κ3) is 5.24. The average molecular weight is 420 g/mol. The fourth-order valence-corrected chi connectivity index (χ4v) is 3.05. The molecule has 1 saturated heterocycles. The molecule has 0 aliphatic carbocycles. The van der Waals surface area contributed by atoms with Gasteiger partial charge >= 0.3 is 0 Å². The van der Waals surface area contributed by atoms with Gasteiger partial charge in [-0.2, -0.15) is 5.26 Å². The van der Waals surface area contributed by atoms with Crippen molar-refractivity contribution in [3.63, 3.8) is 0 Å². The Morgan fingerprint density at radius 3 is 2.61 bits per heavy atom. The quantitative estimate of drug-likeness (QED) is 0.618. The van der Waals surface area contributed by atoms with E-state index in [2.05, 4.69) is 9.97 Å². The highest BCUT2D eigenvalue weighted by atomic mass is 16.5. The number of anilines is 1. The first kappa shape index (κ1) is 14.3. The van der Waals surface area contributed by atoms with E-state index < -0.39 is 25.4 Å². The maximum atomic E-state index is 12.1. The Kier molecular flexibility index (Phi) is 4.53. The van der Waals surface area contributed by atoms with Gasteiger partial charge in [-0.25, -0.2) is 9.97 Å². The highest BCUT2D eigenvalue weighted by Crippen LogP contribution is 2.20. The normalized spacial score (nSPS) is 20.0. The number of benzene rings is 2. The lowest BCUT2D eigenvalue weighted by Crippen LogP contribution is -2.36. The maximum absolute atomic E-state index is 12.1. The molecule has 1 fully saturated rings. The molecule has 4 rings (SSSR count). The van der Waals surface area contributed by atoms with E-state index in [9.17, 15) is 4.79 Å². The van der Waals surface area contributed by atoms with Crippen LogP contribution in [0.2, 0.25) is 0 Å². The predicted octanol–water partition coefficient (Wildman–Crippen LogP) is 2.82. The molecule has 1 amide bonds. The third-order valence-electron chi connectivity index (χ3n) is 4.59. The molecule has 2 aromatic carbocycles. The van der Waals surface area contributed by atoms with Gasteiger partial charge in [0.15, 0.2) is 0 Å². The molecule has 156 valence electrons. The molecule has 0 radical (unpaired) electrons. The first-order valence-corrected chi connectivity index (χ1v) is 9.53. The Hall–Kier alpha value is -3.76. The summed E-state index contributed by atoms with van der Waals surface area (Å²) in [6.45, 7) is -6.89. The number of aromatic nitrogens is 2. The van der Waals surface area contributed by atoms with Crippen molar-refractivity contribution in [2.75, 3.05) is 37.6 Å². The summed E-state index contributed by atoms with van der Waals surface area (Å²) < 4.78 is 52.4. The molecule has 0 atom stereocenters. The zero-order valence-corrected chi connectivity index (χ0v) is 16.5. The molecule has 0 saturated carbocycles. The molecule has 0 spiro atoms. The molecule has 1 aliphatic heterocycles. The number of nitrogens with zero attached hydrogens (tertiary/aromatic N) is 4. The number of amides is 1. The zero-order chi connectivity index (χ0) is 26.8. The first-order valence-electron chi connectivity index (χ1n) is 12.5. The van der Waals surface area contributed by atoms with Crippen molar-refractivity contribution >= 4 is 11.6 Å². The number of ether oxygens (including phenoxy) is 1. The van der Waals surface area contributed by atoms with Crippen LogP contribution in [-0.2, 0) is 11.2 Å². The van der Waals surface area contributed by atoms with Crippen molar-refractivity contribution in [3.05, 3.63) is 77.7 Å². The number of hydrogen-bond acceptors (Lipinski definition) is 6. The Bertz CT molecular complexity index is 1310. The van der Waals surface area contributed by atoms with E-state index in [-0.39, 0.29) is 18.8 Å². The topological polar surface area (TPSA) is 91.1 Å². The summed E-state index contributed by atoms with van der Waals surface area (Å²) in [6, 6.07) is 16.4. The van der Waals surface area contributed by atoms with E-state index in [4.69, 9.17) is 18.2 Å². The highest BCUT2D eigenvalue weighted by Gasteiger charge is 2.11. The minimum atomic E-state index is -2.46. The summed E-state index contributed by atoms with van der Waals surface area (Å²) in [5.74, 6) is -0.172. The Labute approximate surface area is 189 Å². The summed E-state index contributed by atoms with van der Waals surface area (Å²) >= 11 is 0. The fraction of sp³-hybridized carbons (Fsp3) is 0.250. The molecule has 1 N–H and O–H groups in total. The highest BCUT2D eigenvalue weighted by molar-refractivity contribution is 5.94. The second kappa shape index (κ2) is 9.83. The zero-order valence-electron chi connectivity index (χ0n) is 22.5. The molecule has 1 aromatic heterocycles. The van der Waals surface area contributed by atoms with Crippen LogP contribution in [0.25, 0.3) is 11.3 Å². The van der Waals surface area contributed by atoms with Crippen molar-refractivity contribution < 1.29 is 17.8 Å². The lowest BCUT2D eigenvalue weighted by Gasteiger charge is -2.28. The SMILES string of the molecule is [2H]C([2H])(C#N)NC(=O)c1ccc(-c2ccnc(Cc3ccc(N4C([2H])([2H])COCC4([2H])[2H])cc3)n2)cc1. The maximum Gasteiger partial charge on any atom is 0.252 e. The van der Waals surface area contributed by atoms with E-state index in [1.807, 2.05) is 5.32 Å². The van der Waals surface area contributed by atoms with Crippen LogP contribution in [0.5, 0.6) is 0 Å². The van der Waals surface area contributed by atoms with Gasteiger partial charge in [-0.1, -0.05) is 24.3 Å². The lowest BCUT2D eigenvalue weighted by molar-refractivity contribution is 0.0958. The van der Waals surface area contributed by atoms with Crippen LogP contribution in [0.3, 0.4) is 0 Å². The van der Waals surface area contributed by atoms with Crippen LogP contribution in [0.1, 0.15) is 30.0 Å². The van der Waals surface area contributed by atoms with Crippen LogP contribution in [0, 0.1) is 11.3 Å². The van der Waals surface area contributed by atoms with Gasteiger partial charge in [-0.15, -0.1) is 0 Å². The van der Waals surface area contributed by atoms with Crippen LogP contribution >= 0.6 is 0 Å². The number of hydrogen-bond donors (Lipinski definition) is 1. The summed E-state index contributed by atoms with van der Waals surface area (Å²) in [6.07, 6.45) is 2.01. The Morgan fingerprint density at radius 1 is 1.16 bits per heavy atom. The molecule has 3 aromatic rings. The third-order valence-corrected chi connectivity index (χ3v) is 4.59. The van der Waals surface area contributed by atoms with E-state index in [0.717, 1.165) is 16.0 Å². The number of morpholine rings is 1. The molecule has 2 heterocycles. The van der Waals surface area contributed by atoms with E-state index in [1.54, 1.807) is 48.7 Å². The second-order valence-electron chi connectivity index (χ2n) is 6.61. The molecule has 0 unspecified atom stereocenters. The van der Waals surface area contributed by atoms with Crippen LogP contribution in [0.4, 0.5) is 5.69 Å². The number of rotatable bonds is 6. The van der Waals surface area contributed by atoms with Crippen molar-refractivity contribution in [1.82, 2.24) is 15.3 Å². The molecule has 7 heteroatoms. The van der Waals surface area contributed by atoms with Crippen molar-refractivity contribution in [3.8, 4) is 17.3 Å². The van der Waals surface area contributed by atoms with E-state index in [1.165, 1.54) is 18.2 Å². The summed E-state index contributed by atoms with van der Waals surface area (Å²) in [5, 5.41) is 10.7. The molecule has 7 nitrogen and oxygen atoms in total. The van der Waals surface area contributed by atoms with Gasteiger partial charge in [0.25, 0.3) is 5.91 Å². The largest absolute Gasteiger partial charge is 0.378 e. The minimum absolute atomic E-state index is 0.200. The molecular formula is C24H23N5O2. The number of carbonyl (C=O) groups is 1. The number of nitriles is 1. The van der Waals surface area contributed by atoms with Gasteiger partial charge in [0, 0.05) is 42.4 Å². The van der Waals surface area contributed by atoms with Gasteiger partial charge in [-0.3, -0.25) is 4.79 Å². The molecule has 1 aliphatic rings. The van der Waals surface area contributed by atoms with Gasteiger partial charge in [0.1, 0.15) is 12.3 Å². The molecular weight excluding hydrogens is 390 g/mol. The lowest BCUT2D eigenvalue weighted by atomic mass is 10.1. The Morgan fingerprint density at radius 2 is 1.90 bits per heavy atom. The van der Waals surface area contributed by atoms with E-state index in [0.29, 0.717) is 23.6 Å². The standard InChI is InChI=1S/C24H23N5O2/c25-10-12-27-24(30)20-5-3-19(4-6-20)22-9-11-26-23(28-22)17-18-1-7-21(8-2-18)29-13-15-31-16-14-29/h1-9,11H,12-17H2,(H,27,30)/i12D2,13D2,14D2. The van der Waals surface area contributed by atoms with Crippen molar-refractivity contribution in [2.45, 2.75) is 6.42 Å². The van der Waals surface area contributed by atoms with Crippen LogP contribution < -0.4 is 10.2 Å². The van der Waals surface area contributed by atoms with Gasteiger partial charge in [0.2, 0.25) is 0 Å². The van der Waals surface area contributed by atoms with Gasteiger partial charge < -0.3 is 15.0 Å². The summed E-state index contributed by atoms with van der Waals surface area (Å²) in [7, 11) is 0. The van der Waals surface area contributed by atoms with Gasteiger partial charge in [0.05, 0.1) is 33.2 Å². The summed E-state index contributed by atoms with van der Waals surface area (Å²) in [4.78, 5) is 22.1. The number of nitrogens with one attached hydrogen (secondary N) is 1. The monoisotopic (exact) mass is 419 g/mol. The predicted molar refractivity (Wildman–Crippen MR) is 118 cm³/mol. The van der Waals surface area contributed by atoms with Crippen molar-refractivity contribution in [1.29, 1.82) is 5.26 Å². The van der Waals surface area contributed by atoms with Gasteiger partial charge in [-0.05, 0) is 35.9 Å². The smallest absolute Gasteiger partial charge is 0.252 e. The molecule has 31 heavy (non-hydrogen) atoms. The fourth-order valence-electron chi connectivity index (χ4n) is 3.05. The minimum Gasteiger partial charge on any atom is -0.378 e. The molecule has 0 bridgehead atoms. The Balaban J connectivity index is 1.48. The second-order valence-corrected chi connectivity index (χ2v) is 6.61. The van der Waals surface area contributed by atoms with Crippen LogP contribution in [0.15, 0.2) is 60.8 Å². The average Bonchev–Trinajstić information content (AvgIpc) is 2.84. The summed E-state index contributed by atoms with van der Waals surface area (Å²) in [5.41, 5.74) is 2.80.